The fourth-order valence-electron chi connectivity index (χ4n) is 3.59. The van der Waals surface area contributed by atoms with Crippen molar-refractivity contribution < 1.29 is 9.90 Å². The Morgan fingerprint density at radius 2 is 2.00 bits per heavy atom. The molecule has 0 bridgehead atoms. The predicted octanol–water partition coefficient (Wildman–Crippen LogP) is 2.86. The third-order valence-electron chi connectivity index (χ3n) is 5.17. The number of hydrogen-bond donors (Lipinski definition) is 1. The molecule has 28 heavy (non-hydrogen) atoms. The molecule has 1 aliphatic rings. The summed E-state index contributed by atoms with van der Waals surface area (Å²) in [6, 6.07) is 9.72. The molecule has 0 spiro atoms. The van der Waals surface area contributed by atoms with Gasteiger partial charge in [0, 0.05) is 43.1 Å². The van der Waals surface area contributed by atoms with E-state index in [0.717, 1.165) is 44.5 Å². The first kappa shape index (κ1) is 19.4. The largest absolute Gasteiger partial charge is 0.395 e. The van der Waals surface area contributed by atoms with Gasteiger partial charge in [0.1, 0.15) is 4.83 Å². The number of aliphatic hydroxyl groups excluding tert-OH is 1. The number of benzene rings is 1. The minimum absolute atomic E-state index is 0.0774. The standard InChI is InChI=1S/C20H23ClN4O2S/c1-14-16-12-18(19(27)24-8-6-23(7-9-24)10-11-26)28-20(16)25(22-14)13-15-4-2-3-5-17(15)21/h2-5,12,26H,6-11,13H2,1H3. The van der Waals surface area contributed by atoms with Crippen LogP contribution in [0.2, 0.25) is 5.02 Å². The quantitative estimate of drug-likeness (QED) is 0.692. The number of halogens is 1. The van der Waals surface area contributed by atoms with E-state index in [1.807, 2.05) is 46.8 Å². The van der Waals surface area contributed by atoms with Crippen LogP contribution in [-0.4, -0.2) is 69.9 Å². The Bertz CT molecular complexity index is 991. The van der Waals surface area contributed by atoms with Crippen LogP contribution in [0.1, 0.15) is 20.9 Å². The second kappa shape index (κ2) is 8.21. The fourth-order valence-corrected chi connectivity index (χ4v) is 4.91. The van der Waals surface area contributed by atoms with Gasteiger partial charge in [-0.05, 0) is 24.6 Å². The molecule has 1 amide bonds. The maximum atomic E-state index is 13.0. The number of nitrogens with zero attached hydrogens (tertiary/aromatic N) is 4. The van der Waals surface area contributed by atoms with Crippen molar-refractivity contribution in [2.45, 2.75) is 13.5 Å². The SMILES string of the molecule is Cc1nn(Cc2ccccc2Cl)c2sc(C(=O)N3CCN(CCO)CC3)cc12. The second-order valence-corrected chi connectivity index (χ2v) is 8.46. The molecule has 0 saturated carbocycles. The van der Waals surface area contributed by atoms with Crippen LogP contribution in [0.25, 0.3) is 10.2 Å². The van der Waals surface area contributed by atoms with Crippen LogP contribution in [-0.2, 0) is 6.54 Å². The molecule has 0 unspecified atom stereocenters. The fraction of sp³-hybridized carbons (Fsp3) is 0.400. The summed E-state index contributed by atoms with van der Waals surface area (Å²) in [6.45, 7) is 6.37. The van der Waals surface area contributed by atoms with Gasteiger partial charge in [-0.2, -0.15) is 5.10 Å². The smallest absolute Gasteiger partial charge is 0.264 e. The number of carbonyl (C=O) groups is 1. The monoisotopic (exact) mass is 418 g/mol. The number of carbonyl (C=O) groups excluding carboxylic acids is 1. The Hall–Kier alpha value is -1.93. The van der Waals surface area contributed by atoms with E-state index in [9.17, 15) is 4.79 Å². The zero-order chi connectivity index (χ0) is 19.7. The van der Waals surface area contributed by atoms with Crippen LogP contribution in [0.3, 0.4) is 0 Å². The van der Waals surface area contributed by atoms with Crippen molar-refractivity contribution in [3.8, 4) is 0 Å². The average Bonchev–Trinajstić information content (AvgIpc) is 3.25. The van der Waals surface area contributed by atoms with Crippen molar-refractivity contribution in [2.75, 3.05) is 39.3 Å². The summed E-state index contributed by atoms with van der Waals surface area (Å²) >= 11 is 7.80. The summed E-state index contributed by atoms with van der Waals surface area (Å²) in [5.74, 6) is 0.0774. The zero-order valence-electron chi connectivity index (χ0n) is 15.8. The lowest BCUT2D eigenvalue weighted by atomic mass is 10.2. The molecule has 1 aromatic carbocycles. The molecule has 2 aromatic heterocycles. The van der Waals surface area contributed by atoms with Gasteiger partial charge in [0.15, 0.2) is 0 Å². The van der Waals surface area contributed by atoms with Gasteiger partial charge in [-0.1, -0.05) is 29.8 Å². The molecule has 1 aliphatic heterocycles. The highest BCUT2D eigenvalue weighted by Crippen LogP contribution is 2.30. The number of thiophene rings is 1. The van der Waals surface area contributed by atoms with Gasteiger partial charge in [0.05, 0.1) is 23.7 Å². The number of hydrogen-bond acceptors (Lipinski definition) is 5. The lowest BCUT2D eigenvalue weighted by Crippen LogP contribution is -2.49. The van der Waals surface area contributed by atoms with E-state index in [1.54, 1.807) is 0 Å². The van der Waals surface area contributed by atoms with Crippen molar-refractivity contribution in [1.29, 1.82) is 0 Å². The van der Waals surface area contributed by atoms with Crippen LogP contribution in [0, 0.1) is 6.92 Å². The number of aromatic nitrogens is 2. The average molecular weight is 419 g/mol. The first-order chi connectivity index (χ1) is 13.6. The molecule has 0 atom stereocenters. The normalized spacial score (nSPS) is 15.5. The highest BCUT2D eigenvalue weighted by Gasteiger charge is 2.24. The number of fused-ring (bicyclic) bond motifs is 1. The summed E-state index contributed by atoms with van der Waals surface area (Å²) in [5.41, 5.74) is 1.93. The highest BCUT2D eigenvalue weighted by atomic mass is 35.5. The van der Waals surface area contributed by atoms with Crippen LogP contribution in [0.5, 0.6) is 0 Å². The maximum absolute atomic E-state index is 13.0. The van der Waals surface area contributed by atoms with Crippen molar-refractivity contribution in [3.05, 3.63) is 51.5 Å². The van der Waals surface area contributed by atoms with Gasteiger partial charge in [0.25, 0.3) is 5.91 Å². The number of aryl methyl sites for hydroxylation is 1. The third-order valence-corrected chi connectivity index (χ3v) is 6.68. The van der Waals surface area contributed by atoms with E-state index in [4.69, 9.17) is 16.7 Å². The molecule has 1 fully saturated rings. The second-order valence-electron chi connectivity index (χ2n) is 7.02. The molecule has 148 valence electrons. The van der Waals surface area contributed by atoms with Crippen LogP contribution < -0.4 is 0 Å². The van der Waals surface area contributed by atoms with Crippen LogP contribution in [0.4, 0.5) is 0 Å². The number of rotatable bonds is 5. The van der Waals surface area contributed by atoms with Gasteiger partial charge in [-0.25, -0.2) is 0 Å². The lowest BCUT2D eigenvalue weighted by Gasteiger charge is -2.34. The summed E-state index contributed by atoms with van der Waals surface area (Å²) in [4.78, 5) is 18.8. The number of piperazine rings is 1. The minimum Gasteiger partial charge on any atom is -0.395 e. The van der Waals surface area contributed by atoms with Gasteiger partial charge < -0.3 is 10.0 Å². The van der Waals surface area contributed by atoms with Gasteiger partial charge in [-0.3, -0.25) is 14.4 Å². The van der Waals surface area contributed by atoms with E-state index < -0.39 is 0 Å². The first-order valence-electron chi connectivity index (χ1n) is 9.39. The molecule has 1 N–H and O–H groups in total. The predicted molar refractivity (Wildman–Crippen MR) is 112 cm³/mol. The molecule has 0 radical (unpaired) electrons. The molecule has 6 nitrogen and oxygen atoms in total. The number of β-amino-alcohol motifs (C(OH)–C–C–N with tert-alkyl or cyclic N) is 1. The molecule has 3 heterocycles. The summed E-state index contributed by atoms with van der Waals surface area (Å²) in [5, 5.41) is 15.5. The Balaban J connectivity index is 1.55. The molecule has 0 aliphatic carbocycles. The molecule has 1 saturated heterocycles. The van der Waals surface area contributed by atoms with Crippen molar-refractivity contribution in [1.82, 2.24) is 19.6 Å². The molecular formula is C20H23ClN4O2S. The Morgan fingerprint density at radius 3 is 2.71 bits per heavy atom. The first-order valence-corrected chi connectivity index (χ1v) is 10.6. The zero-order valence-corrected chi connectivity index (χ0v) is 17.3. The minimum atomic E-state index is 0.0774. The van der Waals surface area contributed by atoms with E-state index in [-0.39, 0.29) is 12.5 Å². The van der Waals surface area contributed by atoms with Crippen molar-refractivity contribution >= 4 is 39.1 Å². The summed E-state index contributed by atoms with van der Waals surface area (Å²) < 4.78 is 1.94. The Kier molecular flexibility index (Phi) is 5.68. The van der Waals surface area contributed by atoms with E-state index >= 15 is 0 Å². The lowest BCUT2D eigenvalue weighted by molar-refractivity contribution is 0.0619. The van der Waals surface area contributed by atoms with E-state index in [0.29, 0.717) is 26.2 Å². The molecule has 8 heteroatoms. The highest BCUT2D eigenvalue weighted by molar-refractivity contribution is 7.20. The van der Waals surface area contributed by atoms with Crippen LogP contribution in [0.15, 0.2) is 30.3 Å². The van der Waals surface area contributed by atoms with Gasteiger partial charge in [-0.15, -0.1) is 11.3 Å². The summed E-state index contributed by atoms with van der Waals surface area (Å²) in [6.07, 6.45) is 0. The van der Waals surface area contributed by atoms with Gasteiger partial charge in [0.2, 0.25) is 0 Å². The molecular weight excluding hydrogens is 396 g/mol. The number of amides is 1. The van der Waals surface area contributed by atoms with Crippen molar-refractivity contribution in [3.63, 3.8) is 0 Å². The van der Waals surface area contributed by atoms with E-state index in [2.05, 4.69) is 10.00 Å². The van der Waals surface area contributed by atoms with Gasteiger partial charge >= 0.3 is 0 Å². The Labute approximate surface area is 172 Å². The van der Waals surface area contributed by atoms with Crippen molar-refractivity contribution in [2.24, 2.45) is 0 Å². The Morgan fingerprint density at radius 1 is 1.25 bits per heavy atom. The van der Waals surface area contributed by atoms with E-state index in [1.165, 1.54) is 11.3 Å². The number of aliphatic hydroxyl groups is 1. The molecule has 3 aromatic rings. The maximum Gasteiger partial charge on any atom is 0.264 e. The van der Waals surface area contributed by atoms with Crippen LogP contribution >= 0.6 is 22.9 Å². The third kappa shape index (κ3) is 3.80. The topological polar surface area (TPSA) is 61.6 Å². The molecule has 4 rings (SSSR count). The summed E-state index contributed by atoms with van der Waals surface area (Å²) in [7, 11) is 0.